The van der Waals surface area contributed by atoms with E-state index >= 15 is 0 Å². The first kappa shape index (κ1) is 25.1. The van der Waals surface area contributed by atoms with E-state index in [1.165, 1.54) is 12.8 Å². The predicted molar refractivity (Wildman–Crippen MR) is 102 cm³/mol. The van der Waals surface area contributed by atoms with Crippen molar-refractivity contribution < 1.29 is 29.3 Å². The smallest absolute Gasteiger partial charge is 0.410 e. The van der Waals surface area contributed by atoms with Gasteiger partial charge >= 0.3 is 6.09 Å². The zero-order chi connectivity index (χ0) is 21.0. The lowest BCUT2D eigenvalue weighted by Crippen LogP contribution is -2.46. The molecule has 0 saturated carbocycles. The molecule has 2 fully saturated rings. The summed E-state index contributed by atoms with van der Waals surface area (Å²) in [4.78, 5) is 31.8. The molecule has 2 heterocycles. The van der Waals surface area contributed by atoms with Crippen LogP contribution in [0.2, 0.25) is 0 Å². The maximum Gasteiger partial charge on any atom is 0.410 e. The number of hydrogen-bond acceptors (Lipinski definition) is 6. The number of nitrogens with one attached hydrogen (secondary N) is 2. The van der Waals surface area contributed by atoms with E-state index in [4.69, 9.17) is 24.5 Å². The van der Waals surface area contributed by atoms with E-state index < -0.39 is 17.5 Å². The van der Waals surface area contributed by atoms with Crippen LogP contribution in [0, 0.1) is 0 Å². The van der Waals surface area contributed by atoms with Crippen molar-refractivity contribution in [2.75, 3.05) is 26.2 Å². The molecule has 0 bridgehead atoms. The van der Waals surface area contributed by atoms with Crippen molar-refractivity contribution in [3.05, 3.63) is 0 Å². The van der Waals surface area contributed by atoms with Crippen LogP contribution in [-0.4, -0.2) is 77.0 Å². The van der Waals surface area contributed by atoms with Crippen molar-refractivity contribution in [3.63, 3.8) is 0 Å². The SMILES string of the molecule is CC(=O)O.CC(=O)O.CC(C)(C)OC(=O)N1CCC(NC2CCNCC2)C1. The molecule has 1 unspecified atom stereocenters. The Hall–Kier alpha value is -1.87. The van der Waals surface area contributed by atoms with Crippen molar-refractivity contribution in [1.82, 2.24) is 15.5 Å². The number of amides is 1. The number of likely N-dealkylation sites (tertiary alicyclic amines) is 1. The Kier molecular flexibility index (Phi) is 11.6. The van der Waals surface area contributed by atoms with Crippen molar-refractivity contribution in [3.8, 4) is 0 Å². The Balaban J connectivity index is 0.000000718. The maximum absolute atomic E-state index is 12.0. The van der Waals surface area contributed by atoms with Gasteiger partial charge in [0.1, 0.15) is 5.60 Å². The van der Waals surface area contributed by atoms with E-state index in [9.17, 15) is 4.79 Å². The molecular formula is C18H35N3O6. The van der Waals surface area contributed by atoms with Gasteiger partial charge in [-0.05, 0) is 53.1 Å². The van der Waals surface area contributed by atoms with Crippen LogP contribution in [-0.2, 0) is 14.3 Å². The predicted octanol–water partition coefficient (Wildman–Crippen LogP) is 1.52. The van der Waals surface area contributed by atoms with Crippen LogP contribution in [0.4, 0.5) is 4.79 Å². The number of carboxylic acids is 2. The van der Waals surface area contributed by atoms with Gasteiger partial charge in [0.25, 0.3) is 11.9 Å². The highest BCUT2D eigenvalue weighted by Gasteiger charge is 2.30. The Labute approximate surface area is 161 Å². The van der Waals surface area contributed by atoms with Crippen LogP contribution in [0.1, 0.15) is 53.9 Å². The van der Waals surface area contributed by atoms with Gasteiger partial charge in [0.15, 0.2) is 0 Å². The number of carbonyl (C=O) groups excluding carboxylic acids is 1. The average molecular weight is 389 g/mol. The molecule has 27 heavy (non-hydrogen) atoms. The van der Waals surface area contributed by atoms with Crippen molar-refractivity contribution in [2.24, 2.45) is 0 Å². The van der Waals surface area contributed by atoms with Crippen LogP contribution in [0.3, 0.4) is 0 Å². The van der Waals surface area contributed by atoms with Crippen molar-refractivity contribution in [1.29, 1.82) is 0 Å². The zero-order valence-electron chi connectivity index (χ0n) is 17.1. The zero-order valence-corrected chi connectivity index (χ0v) is 17.1. The van der Waals surface area contributed by atoms with Gasteiger partial charge in [-0.25, -0.2) is 4.79 Å². The molecule has 1 atom stereocenters. The fraction of sp³-hybridized carbons (Fsp3) is 0.833. The second-order valence-electron chi connectivity index (χ2n) is 7.64. The molecule has 0 aromatic carbocycles. The van der Waals surface area contributed by atoms with Gasteiger partial charge in [-0.15, -0.1) is 0 Å². The minimum Gasteiger partial charge on any atom is -0.481 e. The molecule has 0 aromatic heterocycles. The van der Waals surface area contributed by atoms with Crippen LogP contribution in [0.15, 0.2) is 0 Å². The standard InChI is InChI=1S/C14H27N3O2.2C2H4O2/c1-14(2,3)19-13(18)17-9-6-12(10-17)16-11-4-7-15-8-5-11;2*1-2(3)4/h11-12,15-16H,4-10H2,1-3H3;2*1H3,(H,3,4). The molecule has 0 spiro atoms. The molecule has 0 aromatic rings. The van der Waals surface area contributed by atoms with Crippen LogP contribution >= 0.6 is 0 Å². The highest BCUT2D eigenvalue weighted by molar-refractivity contribution is 5.68. The normalized spacial score (nSPS) is 19.9. The highest BCUT2D eigenvalue weighted by Crippen LogP contribution is 2.16. The van der Waals surface area contributed by atoms with Gasteiger partial charge < -0.3 is 30.5 Å². The summed E-state index contributed by atoms with van der Waals surface area (Å²) in [5.41, 5.74) is -0.405. The summed E-state index contributed by atoms with van der Waals surface area (Å²) in [7, 11) is 0. The topological polar surface area (TPSA) is 128 Å². The fourth-order valence-electron chi connectivity index (χ4n) is 2.71. The summed E-state index contributed by atoms with van der Waals surface area (Å²) in [5.74, 6) is -1.67. The minimum absolute atomic E-state index is 0.179. The van der Waals surface area contributed by atoms with Gasteiger partial charge in [0, 0.05) is 39.0 Å². The Bertz CT molecular complexity index is 452. The number of hydrogen-bond donors (Lipinski definition) is 4. The molecule has 4 N–H and O–H groups in total. The molecule has 9 nitrogen and oxygen atoms in total. The van der Waals surface area contributed by atoms with Crippen LogP contribution in [0.25, 0.3) is 0 Å². The fourth-order valence-corrected chi connectivity index (χ4v) is 2.71. The summed E-state index contributed by atoms with van der Waals surface area (Å²) in [6.45, 7) is 11.7. The van der Waals surface area contributed by atoms with Crippen molar-refractivity contribution >= 4 is 18.0 Å². The number of ether oxygens (including phenoxy) is 1. The number of nitrogens with zero attached hydrogens (tertiary/aromatic N) is 1. The van der Waals surface area contributed by atoms with Gasteiger partial charge in [0.05, 0.1) is 0 Å². The molecule has 9 heteroatoms. The van der Waals surface area contributed by atoms with Crippen LogP contribution in [0.5, 0.6) is 0 Å². The molecule has 2 aliphatic heterocycles. The number of carboxylic acid groups (broad SMARTS) is 2. The van der Waals surface area contributed by atoms with Crippen LogP contribution < -0.4 is 10.6 Å². The average Bonchev–Trinajstić information content (AvgIpc) is 2.94. The molecule has 158 valence electrons. The van der Waals surface area contributed by atoms with Gasteiger partial charge in [0.2, 0.25) is 0 Å². The second kappa shape index (κ2) is 12.5. The summed E-state index contributed by atoms with van der Waals surface area (Å²) in [6.07, 6.45) is 3.22. The monoisotopic (exact) mass is 389 g/mol. The lowest BCUT2D eigenvalue weighted by molar-refractivity contribution is -0.135. The van der Waals surface area contributed by atoms with E-state index in [1.54, 1.807) is 0 Å². The van der Waals surface area contributed by atoms with E-state index in [0.717, 1.165) is 46.4 Å². The third-order valence-electron chi connectivity index (χ3n) is 3.65. The first-order valence-electron chi connectivity index (χ1n) is 9.24. The summed E-state index contributed by atoms with van der Waals surface area (Å²) >= 11 is 0. The summed E-state index contributed by atoms with van der Waals surface area (Å²) in [5, 5.41) is 21.9. The molecular weight excluding hydrogens is 354 g/mol. The highest BCUT2D eigenvalue weighted by atomic mass is 16.6. The summed E-state index contributed by atoms with van der Waals surface area (Å²) < 4.78 is 5.41. The second-order valence-corrected chi connectivity index (χ2v) is 7.64. The van der Waals surface area contributed by atoms with E-state index in [1.807, 2.05) is 25.7 Å². The number of carbonyl (C=O) groups is 3. The van der Waals surface area contributed by atoms with Gasteiger partial charge in [-0.3, -0.25) is 9.59 Å². The number of aliphatic carboxylic acids is 2. The van der Waals surface area contributed by atoms with Crippen molar-refractivity contribution in [2.45, 2.75) is 71.6 Å². The molecule has 1 amide bonds. The minimum atomic E-state index is -0.833. The Morgan fingerprint density at radius 2 is 1.48 bits per heavy atom. The van der Waals surface area contributed by atoms with E-state index in [-0.39, 0.29) is 6.09 Å². The largest absolute Gasteiger partial charge is 0.481 e. The Morgan fingerprint density at radius 1 is 1.00 bits per heavy atom. The van der Waals surface area contributed by atoms with E-state index in [0.29, 0.717) is 12.1 Å². The lowest BCUT2D eigenvalue weighted by Gasteiger charge is -2.27. The molecule has 0 aliphatic carbocycles. The first-order chi connectivity index (χ1) is 12.4. The Morgan fingerprint density at radius 3 is 1.93 bits per heavy atom. The molecule has 2 aliphatic rings. The van der Waals surface area contributed by atoms with Gasteiger partial charge in [-0.2, -0.15) is 0 Å². The van der Waals surface area contributed by atoms with Gasteiger partial charge in [-0.1, -0.05) is 0 Å². The first-order valence-corrected chi connectivity index (χ1v) is 9.24. The summed E-state index contributed by atoms with van der Waals surface area (Å²) in [6, 6.07) is 1.03. The third kappa shape index (κ3) is 14.9. The maximum atomic E-state index is 12.0. The third-order valence-corrected chi connectivity index (χ3v) is 3.65. The molecule has 2 rings (SSSR count). The molecule has 0 radical (unpaired) electrons. The van der Waals surface area contributed by atoms with E-state index in [2.05, 4.69) is 10.6 Å². The quantitative estimate of drug-likeness (QED) is 0.560. The number of piperidine rings is 1. The lowest BCUT2D eigenvalue weighted by atomic mass is 10.1. The molecule has 2 saturated heterocycles. The number of rotatable bonds is 2.